The average molecular weight is 399 g/mol. The van der Waals surface area contributed by atoms with Gasteiger partial charge in [0.15, 0.2) is 5.96 Å². The number of hydrogen-bond donors (Lipinski definition) is 2. The van der Waals surface area contributed by atoms with E-state index in [2.05, 4.69) is 10.3 Å². The topological polar surface area (TPSA) is 97.0 Å². The van der Waals surface area contributed by atoms with Gasteiger partial charge in [-0.2, -0.15) is 0 Å². The van der Waals surface area contributed by atoms with Gasteiger partial charge >= 0.3 is 0 Å². The van der Waals surface area contributed by atoms with E-state index >= 15 is 0 Å². The van der Waals surface area contributed by atoms with Crippen LogP contribution >= 0.6 is 0 Å². The van der Waals surface area contributed by atoms with Gasteiger partial charge in [-0.25, -0.2) is 4.99 Å². The summed E-state index contributed by atoms with van der Waals surface area (Å²) in [4.78, 5) is 31.7. The molecule has 1 aromatic rings. The molecule has 0 radical (unpaired) electrons. The van der Waals surface area contributed by atoms with Gasteiger partial charge in [0, 0.05) is 24.4 Å². The van der Waals surface area contributed by atoms with Crippen LogP contribution in [-0.2, 0) is 9.59 Å². The van der Waals surface area contributed by atoms with Crippen LogP contribution < -0.4 is 15.8 Å². The van der Waals surface area contributed by atoms with Crippen molar-refractivity contribution in [3.63, 3.8) is 0 Å². The maximum atomic E-state index is 12.8. The SMILES string of the molecule is CCC1(CC)CC(=O)N(C[C@H]2CC2C(=O)N[C@H]2CCOc3ccccc32)C(N)=N1. The van der Waals surface area contributed by atoms with Crippen LogP contribution in [0.25, 0.3) is 0 Å². The fourth-order valence-corrected chi connectivity index (χ4v) is 4.48. The Morgan fingerprint density at radius 2 is 2.10 bits per heavy atom. The summed E-state index contributed by atoms with van der Waals surface area (Å²) in [6, 6.07) is 7.81. The standard InChI is InChI=1S/C22H30N4O3/c1-3-22(4-2)12-19(27)26(21(23)25-22)13-14-11-16(14)20(28)24-17-9-10-29-18-8-6-5-7-15(17)18/h5-8,14,16-17H,3-4,9-13H2,1-2H3,(H2,23,25)(H,24,28)/t14-,16?,17+/m1/s1. The van der Waals surface area contributed by atoms with E-state index in [1.54, 1.807) is 4.90 Å². The van der Waals surface area contributed by atoms with Crippen LogP contribution in [0.15, 0.2) is 29.3 Å². The summed E-state index contributed by atoms with van der Waals surface area (Å²) in [5.74, 6) is 1.27. The first-order valence-electron chi connectivity index (χ1n) is 10.6. The molecule has 0 spiro atoms. The number of aliphatic imine (C=N–C) groups is 1. The molecule has 7 heteroatoms. The number of guanidine groups is 1. The minimum Gasteiger partial charge on any atom is -0.493 e. The molecule has 2 heterocycles. The van der Waals surface area contributed by atoms with Gasteiger partial charge in [-0.3, -0.25) is 14.5 Å². The molecule has 1 aliphatic carbocycles. The van der Waals surface area contributed by atoms with E-state index in [0.29, 0.717) is 25.5 Å². The summed E-state index contributed by atoms with van der Waals surface area (Å²) in [7, 11) is 0. The van der Waals surface area contributed by atoms with Crippen molar-refractivity contribution in [1.29, 1.82) is 0 Å². The Hall–Kier alpha value is -2.57. The summed E-state index contributed by atoms with van der Waals surface area (Å²) < 4.78 is 5.67. The van der Waals surface area contributed by atoms with Gasteiger partial charge < -0.3 is 15.8 Å². The zero-order chi connectivity index (χ0) is 20.6. The van der Waals surface area contributed by atoms with Crippen molar-refractivity contribution in [2.45, 2.75) is 57.5 Å². The van der Waals surface area contributed by atoms with Crippen molar-refractivity contribution in [2.24, 2.45) is 22.6 Å². The second kappa shape index (κ2) is 7.69. The highest BCUT2D eigenvalue weighted by molar-refractivity contribution is 5.99. The van der Waals surface area contributed by atoms with Crippen molar-refractivity contribution in [3.05, 3.63) is 29.8 Å². The number of amides is 2. The summed E-state index contributed by atoms with van der Waals surface area (Å²) in [6.45, 7) is 5.15. The summed E-state index contributed by atoms with van der Waals surface area (Å²) in [6.07, 6.45) is 3.53. The van der Waals surface area contributed by atoms with Crippen molar-refractivity contribution in [1.82, 2.24) is 10.2 Å². The lowest BCUT2D eigenvalue weighted by Crippen LogP contribution is -2.52. The van der Waals surface area contributed by atoms with Crippen LogP contribution in [0.4, 0.5) is 0 Å². The van der Waals surface area contributed by atoms with E-state index in [9.17, 15) is 9.59 Å². The lowest BCUT2D eigenvalue weighted by molar-refractivity contribution is -0.130. The number of rotatable bonds is 6. The Balaban J connectivity index is 1.36. The van der Waals surface area contributed by atoms with Crippen molar-refractivity contribution in [2.75, 3.05) is 13.2 Å². The number of carbonyl (C=O) groups is 2. The molecule has 1 aromatic carbocycles. The molecule has 29 heavy (non-hydrogen) atoms. The van der Waals surface area contributed by atoms with Crippen LogP contribution in [0.2, 0.25) is 0 Å². The Labute approximate surface area is 171 Å². The number of ether oxygens (including phenoxy) is 1. The third-order valence-electron chi connectivity index (χ3n) is 6.68. The summed E-state index contributed by atoms with van der Waals surface area (Å²) >= 11 is 0. The Kier molecular flexibility index (Phi) is 5.23. The van der Waals surface area contributed by atoms with Crippen LogP contribution in [0.1, 0.15) is 57.6 Å². The molecule has 3 N–H and O–H groups in total. The normalized spacial score (nSPS) is 27.5. The molecule has 3 atom stereocenters. The number of nitrogens with zero attached hydrogens (tertiary/aromatic N) is 2. The molecule has 2 aliphatic heterocycles. The van der Waals surface area contributed by atoms with E-state index in [1.165, 1.54) is 0 Å². The van der Waals surface area contributed by atoms with Crippen LogP contribution in [-0.4, -0.2) is 41.4 Å². The number of hydrogen-bond acceptors (Lipinski definition) is 5. The first kappa shape index (κ1) is 19.7. The minimum absolute atomic E-state index is 0.0191. The number of benzene rings is 1. The molecule has 1 fully saturated rings. The van der Waals surface area contributed by atoms with Crippen LogP contribution in [0.3, 0.4) is 0 Å². The number of nitrogens with one attached hydrogen (secondary N) is 1. The van der Waals surface area contributed by atoms with Gasteiger partial charge in [-0.05, 0) is 31.2 Å². The highest BCUT2D eigenvalue weighted by atomic mass is 16.5. The van der Waals surface area contributed by atoms with Gasteiger partial charge in [0.2, 0.25) is 11.8 Å². The predicted octanol–water partition coefficient (Wildman–Crippen LogP) is 2.37. The minimum atomic E-state index is -0.367. The molecule has 156 valence electrons. The molecular weight excluding hydrogens is 368 g/mol. The molecular formula is C22H30N4O3. The highest BCUT2D eigenvalue weighted by Crippen LogP contribution is 2.41. The fourth-order valence-electron chi connectivity index (χ4n) is 4.48. The van der Waals surface area contributed by atoms with Crippen molar-refractivity contribution < 1.29 is 14.3 Å². The van der Waals surface area contributed by atoms with E-state index in [1.807, 2.05) is 38.1 Å². The second-order valence-electron chi connectivity index (χ2n) is 8.42. The highest BCUT2D eigenvalue weighted by Gasteiger charge is 2.47. The van der Waals surface area contributed by atoms with Gasteiger partial charge in [-0.1, -0.05) is 32.0 Å². The third-order valence-corrected chi connectivity index (χ3v) is 6.68. The van der Waals surface area contributed by atoms with Crippen molar-refractivity contribution in [3.8, 4) is 5.75 Å². The predicted molar refractivity (Wildman–Crippen MR) is 110 cm³/mol. The van der Waals surface area contributed by atoms with Gasteiger partial charge in [0.05, 0.1) is 24.6 Å². The van der Waals surface area contributed by atoms with Crippen molar-refractivity contribution >= 4 is 17.8 Å². The largest absolute Gasteiger partial charge is 0.493 e. The summed E-state index contributed by atoms with van der Waals surface area (Å²) in [5.41, 5.74) is 6.80. The van der Waals surface area contributed by atoms with Crippen LogP contribution in [0, 0.1) is 11.8 Å². The van der Waals surface area contributed by atoms with Gasteiger partial charge in [-0.15, -0.1) is 0 Å². The molecule has 4 rings (SSSR count). The molecule has 7 nitrogen and oxygen atoms in total. The number of carbonyl (C=O) groups excluding carboxylic acids is 2. The number of fused-ring (bicyclic) bond motifs is 1. The first-order valence-corrected chi connectivity index (χ1v) is 10.6. The smallest absolute Gasteiger partial charge is 0.231 e. The van der Waals surface area contributed by atoms with Gasteiger partial charge in [0.1, 0.15) is 5.75 Å². The lowest BCUT2D eigenvalue weighted by Gasteiger charge is -2.36. The molecule has 1 unspecified atom stereocenters. The zero-order valence-electron chi connectivity index (χ0n) is 17.2. The fraction of sp³-hybridized carbons (Fsp3) is 0.591. The molecule has 3 aliphatic rings. The van der Waals surface area contributed by atoms with E-state index < -0.39 is 0 Å². The molecule has 1 saturated carbocycles. The first-order chi connectivity index (χ1) is 14.0. The maximum Gasteiger partial charge on any atom is 0.231 e. The second-order valence-corrected chi connectivity index (χ2v) is 8.42. The number of para-hydroxylation sites is 1. The number of nitrogens with two attached hydrogens (primary N) is 1. The quantitative estimate of drug-likeness (QED) is 0.769. The monoisotopic (exact) mass is 398 g/mol. The Morgan fingerprint density at radius 1 is 1.34 bits per heavy atom. The molecule has 0 bridgehead atoms. The Morgan fingerprint density at radius 3 is 2.83 bits per heavy atom. The van der Waals surface area contributed by atoms with E-state index in [0.717, 1.165) is 37.0 Å². The maximum absolute atomic E-state index is 12.8. The third kappa shape index (κ3) is 3.82. The molecule has 2 amide bonds. The van der Waals surface area contributed by atoms with Gasteiger partial charge in [0.25, 0.3) is 0 Å². The van der Waals surface area contributed by atoms with E-state index in [4.69, 9.17) is 10.5 Å². The summed E-state index contributed by atoms with van der Waals surface area (Å²) in [5, 5.41) is 3.17. The van der Waals surface area contributed by atoms with Crippen LogP contribution in [0.5, 0.6) is 5.75 Å². The zero-order valence-corrected chi connectivity index (χ0v) is 17.2. The van der Waals surface area contributed by atoms with E-state index in [-0.39, 0.29) is 35.2 Å². The lowest BCUT2D eigenvalue weighted by atomic mass is 9.88. The average Bonchev–Trinajstić information content (AvgIpc) is 3.50. The molecule has 0 aromatic heterocycles. The Bertz CT molecular complexity index is 833. The molecule has 0 saturated heterocycles.